The zero-order chi connectivity index (χ0) is 14.0. The first-order valence-electron chi connectivity index (χ1n) is 5.50. The summed E-state index contributed by atoms with van der Waals surface area (Å²) in [5, 5.41) is 3.54. The normalized spacial score (nSPS) is 10.3. The summed E-state index contributed by atoms with van der Waals surface area (Å²) in [6.07, 6.45) is 0. The van der Waals surface area contributed by atoms with E-state index in [1.165, 1.54) is 0 Å². The molecule has 0 aliphatic carbocycles. The van der Waals surface area contributed by atoms with Crippen molar-refractivity contribution in [2.75, 3.05) is 5.32 Å². The lowest BCUT2D eigenvalue weighted by atomic mass is 10.1. The summed E-state index contributed by atoms with van der Waals surface area (Å²) in [6, 6.07) is 10.5. The highest BCUT2D eigenvalue weighted by atomic mass is 79.9. The van der Waals surface area contributed by atoms with Crippen LogP contribution in [0.5, 0.6) is 0 Å². The smallest absolute Gasteiger partial charge is 0.255 e. The van der Waals surface area contributed by atoms with Crippen LogP contribution in [-0.2, 0) is 0 Å². The number of carbonyl (C=O) groups is 1. The monoisotopic (exact) mass is 357 g/mol. The Morgan fingerprint density at radius 1 is 1.16 bits per heavy atom. The first-order valence-corrected chi connectivity index (χ1v) is 7.05. The zero-order valence-corrected chi connectivity index (χ0v) is 13.1. The van der Waals surface area contributed by atoms with Crippen LogP contribution < -0.4 is 5.32 Å². The molecule has 98 valence electrons. The summed E-state index contributed by atoms with van der Waals surface area (Å²) in [7, 11) is 0. The predicted molar refractivity (Wildman–Crippen MR) is 83.3 cm³/mol. The number of benzene rings is 2. The van der Waals surface area contributed by atoms with Crippen LogP contribution in [0.15, 0.2) is 40.9 Å². The van der Waals surface area contributed by atoms with Crippen molar-refractivity contribution in [3.63, 3.8) is 0 Å². The molecule has 2 aromatic carbocycles. The van der Waals surface area contributed by atoms with E-state index < -0.39 is 0 Å². The van der Waals surface area contributed by atoms with E-state index in [9.17, 15) is 4.79 Å². The second kappa shape index (κ2) is 5.95. The molecule has 19 heavy (non-hydrogen) atoms. The second-order valence-electron chi connectivity index (χ2n) is 4.01. The number of hydrogen-bond acceptors (Lipinski definition) is 1. The van der Waals surface area contributed by atoms with Gasteiger partial charge in [-0.1, -0.05) is 51.3 Å². The molecular formula is C14H10BrCl2NO. The number of carbonyl (C=O) groups excluding carboxylic acids is 1. The van der Waals surface area contributed by atoms with Gasteiger partial charge in [0.1, 0.15) is 0 Å². The third-order valence-electron chi connectivity index (χ3n) is 2.64. The predicted octanol–water partition coefficient (Wildman–Crippen LogP) is 5.32. The molecule has 0 atom stereocenters. The third kappa shape index (κ3) is 3.30. The molecule has 0 aliphatic rings. The van der Waals surface area contributed by atoms with Crippen LogP contribution in [0.3, 0.4) is 0 Å². The van der Waals surface area contributed by atoms with Gasteiger partial charge in [0, 0.05) is 10.0 Å². The average molecular weight is 359 g/mol. The van der Waals surface area contributed by atoms with Crippen LogP contribution in [0.1, 0.15) is 15.9 Å². The Labute approximate surface area is 129 Å². The van der Waals surface area contributed by atoms with Crippen molar-refractivity contribution < 1.29 is 4.79 Å². The van der Waals surface area contributed by atoms with Crippen molar-refractivity contribution in [3.05, 3.63) is 62.0 Å². The molecule has 0 radical (unpaired) electrons. The maximum atomic E-state index is 12.1. The van der Waals surface area contributed by atoms with Gasteiger partial charge in [-0.3, -0.25) is 4.79 Å². The van der Waals surface area contributed by atoms with Gasteiger partial charge in [0.25, 0.3) is 5.91 Å². The highest BCUT2D eigenvalue weighted by Gasteiger charge is 2.12. The van der Waals surface area contributed by atoms with Gasteiger partial charge in [0.05, 0.1) is 15.7 Å². The lowest BCUT2D eigenvalue weighted by molar-refractivity contribution is 0.102. The van der Waals surface area contributed by atoms with Crippen molar-refractivity contribution in [2.45, 2.75) is 6.92 Å². The minimum Gasteiger partial charge on any atom is -0.319 e. The Morgan fingerprint density at radius 2 is 1.79 bits per heavy atom. The van der Waals surface area contributed by atoms with Crippen LogP contribution in [0, 0.1) is 6.92 Å². The fourth-order valence-electron chi connectivity index (χ4n) is 1.54. The van der Waals surface area contributed by atoms with Crippen molar-refractivity contribution in [3.8, 4) is 0 Å². The molecule has 1 amide bonds. The lowest BCUT2D eigenvalue weighted by Gasteiger charge is -2.09. The quantitative estimate of drug-likeness (QED) is 0.773. The van der Waals surface area contributed by atoms with E-state index in [4.69, 9.17) is 23.2 Å². The summed E-state index contributed by atoms with van der Waals surface area (Å²) in [6.45, 7) is 1.96. The van der Waals surface area contributed by atoms with Gasteiger partial charge in [-0.15, -0.1) is 0 Å². The Hall–Kier alpha value is -1.03. The van der Waals surface area contributed by atoms with Crippen molar-refractivity contribution in [1.82, 2.24) is 0 Å². The van der Waals surface area contributed by atoms with E-state index in [0.717, 1.165) is 10.0 Å². The number of halogens is 3. The van der Waals surface area contributed by atoms with Gasteiger partial charge < -0.3 is 5.32 Å². The summed E-state index contributed by atoms with van der Waals surface area (Å²) in [5.41, 5.74) is 2.02. The minimum absolute atomic E-state index is 0.254. The van der Waals surface area contributed by atoms with E-state index in [2.05, 4.69) is 21.2 Å². The standard InChI is InChI=1S/C14H10BrCl2NO/c1-8-5-6-9(7-10(8)15)14(19)18-13-11(16)3-2-4-12(13)17/h2-7H,1H3,(H,18,19). The molecule has 1 N–H and O–H groups in total. The summed E-state index contributed by atoms with van der Waals surface area (Å²) in [4.78, 5) is 12.1. The third-order valence-corrected chi connectivity index (χ3v) is 4.12. The van der Waals surface area contributed by atoms with Crippen LogP contribution in [0.4, 0.5) is 5.69 Å². The Morgan fingerprint density at radius 3 is 2.37 bits per heavy atom. The van der Waals surface area contributed by atoms with Gasteiger partial charge in [-0.25, -0.2) is 0 Å². The molecule has 0 spiro atoms. The van der Waals surface area contributed by atoms with Gasteiger partial charge in [-0.2, -0.15) is 0 Å². The number of para-hydroxylation sites is 1. The highest BCUT2D eigenvalue weighted by molar-refractivity contribution is 9.10. The van der Waals surface area contributed by atoms with Crippen molar-refractivity contribution in [1.29, 1.82) is 0 Å². The van der Waals surface area contributed by atoms with Crippen LogP contribution >= 0.6 is 39.1 Å². The van der Waals surface area contributed by atoms with Gasteiger partial charge in [0.15, 0.2) is 0 Å². The largest absolute Gasteiger partial charge is 0.319 e. The zero-order valence-electron chi connectivity index (χ0n) is 10.0. The van der Waals surface area contributed by atoms with Gasteiger partial charge in [0.2, 0.25) is 0 Å². The molecule has 0 aliphatic heterocycles. The summed E-state index contributed by atoms with van der Waals surface area (Å²) in [5.74, 6) is -0.254. The summed E-state index contributed by atoms with van der Waals surface area (Å²) < 4.78 is 0.880. The molecule has 0 bridgehead atoms. The van der Waals surface area contributed by atoms with E-state index in [1.807, 2.05) is 13.0 Å². The van der Waals surface area contributed by atoms with Crippen LogP contribution in [-0.4, -0.2) is 5.91 Å². The number of amides is 1. The fraction of sp³-hybridized carbons (Fsp3) is 0.0714. The first-order chi connectivity index (χ1) is 8.99. The second-order valence-corrected chi connectivity index (χ2v) is 5.68. The molecule has 0 heterocycles. The number of hydrogen-bond donors (Lipinski definition) is 1. The Balaban J connectivity index is 2.28. The molecule has 2 nitrogen and oxygen atoms in total. The molecule has 5 heteroatoms. The topological polar surface area (TPSA) is 29.1 Å². The van der Waals surface area contributed by atoms with Crippen molar-refractivity contribution >= 4 is 50.7 Å². The first kappa shape index (κ1) is 14.4. The molecular weight excluding hydrogens is 349 g/mol. The SMILES string of the molecule is Cc1ccc(C(=O)Nc2c(Cl)cccc2Cl)cc1Br. The van der Waals surface area contributed by atoms with Gasteiger partial charge >= 0.3 is 0 Å². The number of rotatable bonds is 2. The van der Waals surface area contributed by atoms with E-state index in [1.54, 1.807) is 30.3 Å². The molecule has 2 aromatic rings. The Kier molecular flexibility index (Phi) is 4.50. The molecule has 0 fully saturated rings. The number of aryl methyl sites for hydroxylation is 1. The maximum Gasteiger partial charge on any atom is 0.255 e. The molecule has 0 saturated carbocycles. The van der Waals surface area contributed by atoms with E-state index >= 15 is 0 Å². The number of nitrogens with one attached hydrogen (secondary N) is 1. The molecule has 0 saturated heterocycles. The Bertz CT molecular complexity index is 623. The van der Waals surface area contributed by atoms with Crippen LogP contribution in [0.2, 0.25) is 10.0 Å². The fourth-order valence-corrected chi connectivity index (χ4v) is 2.41. The molecule has 0 aromatic heterocycles. The maximum absolute atomic E-state index is 12.1. The van der Waals surface area contributed by atoms with Crippen LogP contribution in [0.25, 0.3) is 0 Å². The lowest BCUT2D eigenvalue weighted by Crippen LogP contribution is -2.12. The summed E-state index contributed by atoms with van der Waals surface area (Å²) >= 11 is 15.4. The van der Waals surface area contributed by atoms with E-state index in [-0.39, 0.29) is 5.91 Å². The number of anilines is 1. The van der Waals surface area contributed by atoms with Crippen molar-refractivity contribution in [2.24, 2.45) is 0 Å². The van der Waals surface area contributed by atoms with Gasteiger partial charge in [-0.05, 0) is 36.8 Å². The molecule has 0 unspecified atom stereocenters. The highest BCUT2D eigenvalue weighted by Crippen LogP contribution is 2.30. The molecule has 2 rings (SSSR count). The average Bonchev–Trinajstić information content (AvgIpc) is 2.37. The van der Waals surface area contributed by atoms with E-state index in [0.29, 0.717) is 21.3 Å². The minimum atomic E-state index is -0.254.